The monoisotopic (exact) mass is 126 g/mol. The summed E-state index contributed by atoms with van der Waals surface area (Å²) in [6.07, 6.45) is 2.62. The third-order valence-corrected chi connectivity index (χ3v) is 0.815. The molecule has 0 saturated heterocycles. The Hall–Kier alpha value is -0.900. The summed E-state index contributed by atoms with van der Waals surface area (Å²) < 4.78 is 0. The number of hydrogen-bond donors (Lipinski definition) is 0. The van der Waals surface area contributed by atoms with Gasteiger partial charge in [-0.3, -0.25) is 0 Å². The summed E-state index contributed by atoms with van der Waals surface area (Å²) in [5, 5.41) is 0. The Kier molecular flexibility index (Phi) is 1.26. The van der Waals surface area contributed by atoms with Crippen molar-refractivity contribution in [2.45, 2.75) is 0 Å². The van der Waals surface area contributed by atoms with Gasteiger partial charge in [0.2, 0.25) is 0 Å². The largest absolute Gasteiger partial charge is 0.367 e. The van der Waals surface area contributed by atoms with Crippen LogP contribution in [-0.4, -0.2) is 23.3 Å². The van der Waals surface area contributed by atoms with Crippen LogP contribution in [0.4, 0.5) is 4.79 Å². The Balaban J connectivity index is 2.83. The van der Waals surface area contributed by atoms with E-state index >= 15 is 0 Å². The smallest absolute Gasteiger partial charge is 0.244 e. The Morgan fingerprint density at radius 3 is 2.25 bits per heavy atom. The zero-order valence-corrected chi connectivity index (χ0v) is 4.68. The maximum absolute atomic E-state index is 10.2. The maximum atomic E-state index is 10.2. The molecule has 0 N–H and O–H groups in total. The number of carbonyl (C=O) groups excluding carboxylic acids is 1. The van der Waals surface area contributed by atoms with Gasteiger partial charge in [-0.1, -0.05) is 12.2 Å². The number of amides is 2. The van der Waals surface area contributed by atoms with Crippen molar-refractivity contribution in [2.24, 2.45) is 9.98 Å². The molecule has 0 aromatic rings. The van der Waals surface area contributed by atoms with Gasteiger partial charge in [-0.05, 0) is 0 Å². The van der Waals surface area contributed by atoms with E-state index in [2.05, 4.69) is 22.2 Å². The van der Waals surface area contributed by atoms with Gasteiger partial charge < -0.3 is 0 Å². The minimum Gasteiger partial charge on any atom is -0.244 e. The summed E-state index contributed by atoms with van der Waals surface area (Å²) in [6, 6.07) is -0.487. The first-order chi connectivity index (χ1) is 3.79. The van der Waals surface area contributed by atoms with Crippen LogP contribution in [0.2, 0.25) is 0 Å². The minimum atomic E-state index is -0.487. The fraction of sp³-hybridized carbons (Fsp3) is 0. The Morgan fingerprint density at radius 1 is 1.38 bits per heavy atom. The second kappa shape index (κ2) is 1.92. The molecule has 0 aromatic heterocycles. The highest BCUT2D eigenvalue weighted by atomic mass is 32.1. The SMILES string of the molecule is O=C1N=CC(=S)C=N1. The number of hydrogen-bond acceptors (Lipinski definition) is 2. The van der Waals surface area contributed by atoms with Crippen LogP contribution in [0.15, 0.2) is 9.98 Å². The van der Waals surface area contributed by atoms with Crippen LogP contribution in [0, 0.1) is 0 Å². The molecule has 0 unspecified atom stereocenters. The van der Waals surface area contributed by atoms with Gasteiger partial charge in [0.15, 0.2) is 0 Å². The highest BCUT2D eigenvalue weighted by molar-refractivity contribution is 7.83. The summed E-state index contributed by atoms with van der Waals surface area (Å²) in [5.74, 6) is 0. The van der Waals surface area contributed by atoms with E-state index in [1.165, 1.54) is 12.4 Å². The van der Waals surface area contributed by atoms with E-state index in [0.29, 0.717) is 4.86 Å². The minimum absolute atomic E-state index is 0.487. The van der Waals surface area contributed by atoms with E-state index in [1.54, 1.807) is 0 Å². The Labute approximate surface area is 51.1 Å². The van der Waals surface area contributed by atoms with Gasteiger partial charge >= 0.3 is 6.03 Å². The van der Waals surface area contributed by atoms with Gasteiger partial charge in [-0.2, -0.15) is 9.98 Å². The molecule has 0 atom stereocenters. The van der Waals surface area contributed by atoms with E-state index in [9.17, 15) is 4.79 Å². The van der Waals surface area contributed by atoms with Crippen molar-refractivity contribution in [2.75, 3.05) is 0 Å². The first-order valence-corrected chi connectivity index (χ1v) is 2.36. The molecule has 0 radical (unpaired) electrons. The zero-order valence-electron chi connectivity index (χ0n) is 3.87. The highest BCUT2D eigenvalue weighted by Crippen LogP contribution is 1.85. The number of carbonyl (C=O) groups is 1. The van der Waals surface area contributed by atoms with Crippen LogP contribution in [0.5, 0.6) is 0 Å². The van der Waals surface area contributed by atoms with Gasteiger partial charge in [-0.25, -0.2) is 4.79 Å². The molecule has 1 aliphatic rings. The molecule has 0 aliphatic carbocycles. The summed E-state index contributed by atoms with van der Waals surface area (Å²) >= 11 is 4.61. The molecule has 40 valence electrons. The molecule has 0 saturated carbocycles. The van der Waals surface area contributed by atoms with Crippen LogP contribution < -0.4 is 0 Å². The fourth-order valence-electron chi connectivity index (χ4n) is 0.304. The lowest BCUT2D eigenvalue weighted by molar-refractivity contribution is 0.257. The van der Waals surface area contributed by atoms with Crippen molar-refractivity contribution in [3.05, 3.63) is 0 Å². The molecule has 8 heavy (non-hydrogen) atoms. The third-order valence-electron chi connectivity index (χ3n) is 0.604. The van der Waals surface area contributed by atoms with E-state index in [-0.39, 0.29) is 0 Å². The second-order valence-electron chi connectivity index (χ2n) is 1.20. The summed E-state index contributed by atoms with van der Waals surface area (Å²) in [4.78, 5) is 17.3. The lowest BCUT2D eigenvalue weighted by Gasteiger charge is -1.89. The van der Waals surface area contributed by atoms with E-state index in [1.807, 2.05) is 0 Å². The van der Waals surface area contributed by atoms with Crippen molar-refractivity contribution in [1.82, 2.24) is 0 Å². The zero-order chi connectivity index (χ0) is 5.98. The Bertz CT molecular complexity index is 156. The van der Waals surface area contributed by atoms with E-state index in [0.717, 1.165) is 0 Å². The van der Waals surface area contributed by atoms with Gasteiger partial charge in [0.25, 0.3) is 0 Å². The predicted octanol–water partition coefficient (Wildman–Crippen LogP) is 0.632. The number of thiocarbonyl (C=S) groups is 1. The van der Waals surface area contributed by atoms with Crippen molar-refractivity contribution in [3.8, 4) is 0 Å². The molecule has 1 aliphatic heterocycles. The Morgan fingerprint density at radius 2 is 1.88 bits per heavy atom. The van der Waals surface area contributed by atoms with Gasteiger partial charge in [0, 0.05) is 0 Å². The predicted molar refractivity (Wildman–Crippen MR) is 35.0 cm³/mol. The molecule has 1 rings (SSSR count). The molecule has 0 fully saturated rings. The number of aliphatic imine (C=N–C) groups is 2. The standard InChI is InChI=1S/C4H2N2OS/c7-4-5-1-3(8)2-6-4/h1-2H. The van der Waals surface area contributed by atoms with Crippen LogP contribution >= 0.6 is 12.2 Å². The molecule has 4 heteroatoms. The molecule has 2 amide bonds. The average molecular weight is 126 g/mol. The quantitative estimate of drug-likeness (QED) is 0.447. The van der Waals surface area contributed by atoms with Crippen molar-refractivity contribution >= 4 is 35.5 Å². The molecule has 3 nitrogen and oxygen atoms in total. The molecule has 0 spiro atoms. The topological polar surface area (TPSA) is 41.8 Å². The highest BCUT2D eigenvalue weighted by Gasteiger charge is 1.97. The lowest BCUT2D eigenvalue weighted by atomic mass is 10.5. The van der Waals surface area contributed by atoms with Crippen LogP contribution in [0.25, 0.3) is 0 Å². The van der Waals surface area contributed by atoms with Crippen molar-refractivity contribution in [1.29, 1.82) is 0 Å². The molecular formula is C4H2N2OS. The maximum Gasteiger partial charge on any atom is 0.367 e. The van der Waals surface area contributed by atoms with E-state index in [4.69, 9.17) is 0 Å². The first-order valence-electron chi connectivity index (χ1n) is 1.95. The fourth-order valence-corrected chi connectivity index (χ4v) is 0.410. The number of nitrogens with zero attached hydrogens (tertiary/aromatic N) is 2. The summed E-state index contributed by atoms with van der Waals surface area (Å²) in [6.45, 7) is 0. The lowest BCUT2D eigenvalue weighted by Crippen LogP contribution is -2.05. The number of rotatable bonds is 0. The number of urea groups is 1. The summed E-state index contributed by atoms with van der Waals surface area (Å²) in [5.41, 5.74) is 0. The van der Waals surface area contributed by atoms with E-state index < -0.39 is 6.03 Å². The van der Waals surface area contributed by atoms with Crippen molar-refractivity contribution in [3.63, 3.8) is 0 Å². The van der Waals surface area contributed by atoms with Crippen molar-refractivity contribution < 1.29 is 4.79 Å². The third kappa shape index (κ3) is 1.04. The van der Waals surface area contributed by atoms with Crippen LogP contribution in [-0.2, 0) is 0 Å². The van der Waals surface area contributed by atoms with Crippen LogP contribution in [0.1, 0.15) is 0 Å². The normalized spacial score (nSPS) is 17.5. The van der Waals surface area contributed by atoms with Crippen LogP contribution in [0.3, 0.4) is 0 Å². The van der Waals surface area contributed by atoms with Gasteiger partial charge in [0.1, 0.15) is 0 Å². The van der Waals surface area contributed by atoms with Gasteiger partial charge in [0.05, 0.1) is 17.3 Å². The second-order valence-corrected chi connectivity index (χ2v) is 1.67. The average Bonchev–Trinajstić information content (AvgIpc) is 1.77. The molecular weight excluding hydrogens is 124 g/mol. The summed E-state index contributed by atoms with van der Waals surface area (Å²) in [7, 11) is 0. The van der Waals surface area contributed by atoms with Gasteiger partial charge in [-0.15, -0.1) is 0 Å². The first kappa shape index (κ1) is 5.24. The molecule has 0 aromatic carbocycles. The molecule has 1 heterocycles. The molecule has 0 bridgehead atoms.